The lowest BCUT2D eigenvalue weighted by atomic mass is 9.76. The van der Waals surface area contributed by atoms with Crippen LogP contribution in [0.15, 0.2) is 12.1 Å². The number of nitrogens with one attached hydrogen (secondary N) is 1. The van der Waals surface area contributed by atoms with E-state index in [4.69, 9.17) is 0 Å². The SMILES string of the molecule is Cc1ccc(C)c2c1CCC(C)C2N1CCNCC1. The quantitative estimate of drug-likeness (QED) is 0.833. The van der Waals surface area contributed by atoms with Crippen LogP contribution in [0.2, 0.25) is 0 Å². The maximum Gasteiger partial charge on any atom is 0.0380 e. The highest BCUT2D eigenvalue weighted by molar-refractivity contribution is 5.44. The van der Waals surface area contributed by atoms with Crippen LogP contribution in [0.1, 0.15) is 41.6 Å². The van der Waals surface area contributed by atoms with E-state index < -0.39 is 0 Å². The third-order valence-electron chi connectivity index (χ3n) is 5.04. The van der Waals surface area contributed by atoms with Gasteiger partial charge in [-0.15, -0.1) is 0 Å². The van der Waals surface area contributed by atoms with Crippen molar-refractivity contribution >= 4 is 0 Å². The van der Waals surface area contributed by atoms with E-state index in [1.807, 2.05) is 0 Å². The number of rotatable bonds is 1. The van der Waals surface area contributed by atoms with Crippen molar-refractivity contribution in [3.63, 3.8) is 0 Å². The van der Waals surface area contributed by atoms with Crippen molar-refractivity contribution < 1.29 is 0 Å². The monoisotopic (exact) mass is 258 g/mol. The molecule has 19 heavy (non-hydrogen) atoms. The molecule has 0 spiro atoms. The van der Waals surface area contributed by atoms with E-state index >= 15 is 0 Å². The molecular weight excluding hydrogens is 232 g/mol. The number of hydrogen-bond donors (Lipinski definition) is 1. The molecule has 1 aliphatic heterocycles. The van der Waals surface area contributed by atoms with E-state index in [0.29, 0.717) is 6.04 Å². The zero-order valence-electron chi connectivity index (χ0n) is 12.5. The molecule has 1 fully saturated rings. The molecule has 1 N–H and O–H groups in total. The lowest BCUT2D eigenvalue weighted by molar-refractivity contribution is 0.119. The summed E-state index contributed by atoms with van der Waals surface area (Å²) in [5, 5.41) is 3.48. The van der Waals surface area contributed by atoms with Crippen molar-refractivity contribution in [2.45, 2.75) is 39.7 Å². The van der Waals surface area contributed by atoms with Gasteiger partial charge in [-0.05, 0) is 54.9 Å². The van der Waals surface area contributed by atoms with Crippen molar-refractivity contribution in [3.8, 4) is 0 Å². The van der Waals surface area contributed by atoms with Crippen LogP contribution < -0.4 is 5.32 Å². The van der Waals surface area contributed by atoms with Gasteiger partial charge < -0.3 is 5.32 Å². The van der Waals surface area contributed by atoms with E-state index in [1.165, 1.54) is 37.1 Å². The molecule has 1 saturated heterocycles. The maximum atomic E-state index is 3.48. The summed E-state index contributed by atoms with van der Waals surface area (Å²) in [6.07, 6.45) is 2.61. The summed E-state index contributed by atoms with van der Waals surface area (Å²) in [5.41, 5.74) is 6.28. The highest BCUT2D eigenvalue weighted by Crippen LogP contribution is 2.41. The Labute approximate surface area is 117 Å². The molecule has 1 aromatic rings. The lowest BCUT2D eigenvalue weighted by Gasteiger charge is -2.43. The Morgan fingerprint density at radius 2 is 1.79 bits per heavy atom. The molecule has 0 radical (unpaired) electrons. The van der Waals surface area contributed by atoms with Gasteiger partial charge in [0.15, 0.2) is 0 Å². The van der Waals surface area contributed by atoms with Crippen LogP contribution in [0.25, 0.3) is 0 Å². The second-order valence-corrected chi connectivity index (χ2v) is 6.34. The lowest BCUT2D eigenvalue weighted by Crippen LogP contribution is -2.47. The Morgan fingerprint density at radius 3 is 2.53 bits per heavy atom. The van der Waals surface area contributed by atoms with Crippen LogP contribution in [0.5, 0.6) is 0 Å². The minimum atomic E-state index is 0.644. The van der Waals surface area contributed by atoms with E-state index in [0.717, 1.165) is 19.0 Å². The molecule has 2 aliphatic rings. The molecule has 3 rings (SSSR count). The minimum absolute atomic E-state index is 0.644. The van der Waals surface area contributed by atoms with E-state index in [1.54, 1.807) is 11.1 Å². The van der Waals surface area contributed by atoms with Gasteiger partial charge in [0.2, 0.25) is 0 Å². The molecule has 2 heteroatoms. The smallest absolute Gasteiger partial charge is 0.0380 e. The average molecular weight is 258 g/mol. The standard InChI is InChI=1S/C17H26N2/c1-12-4-5-13(2)16-15(12)7-6-14(3)17(16)19-10-8-18-9-11-19/h4-5,14,17-18H,6-11H2,1-3H3. The number of aryl methyl sites for hydroxylation is 2. The molecule has 0 amide bonds. The fourth-order valence-corrected chi connectivity index (χ4v) is 3.95. The Balaban J connectivity index is 2.02. The number of fused-ring (bicyclic) bond motifs is 1. The molecule has 1 heterocycles. The number of benzene rings is 1. The zero-order chi connectivity index (χ0) is 13.4. The van der Waals surface area contributed by atoms with Crippen molar-refractivity contribution in [1.29, 1.82) is 0 Å². The molecule has 1 aromatic carbocycles. The van der Waals surface area contributed by atoms with Crippen molar-refractivity contribution in [2.24, 2.45) is 5.92 Å². The molecule has 1 aliphatic carbocycles. The first-order valence-corrected chi connectivity index (χ1v) is 7.72. The summed E-state index contributed by atoms with van der Waals surface area (Å²) in [4.78, 5) is 2.71. The van der Waals surface area contributed by atoms with Gasteiger partial charge in [0, 0.05) is 32.2 Å². The molecule has 2 atom stereocenters. The first-order valence-electron chi connectivity index (χ1n) is 7.72. The number of hydrogen-bond acceptors (Lipinski definition) is 2. The Kier molecular flexibility index (Phi) is 3.64. The third-order valence-corrected chi connectivity index (χ3v) is 5.04. The van der Waals surface area contributed by atoms with Crippen LogP contribution in [-0.2, 0) is 6.42 Å². The zero-order valence-corrected chi connectivity index (χ0v) is 12.5. The number of nitrogens with zero attached hydrogens (tertiary/aromatic N) is 1. The predicted molar refractivity (Wildman–Crippen MR) is 80.6 cm³/mol. The van der Waals surface area contributed by atoms with Gasteiger partial charge in [0.1, 0.15) is 0 Å². The molecule has 0 bridgehead atoms. The van der Waals surface area contributed by atoms with Gasteiger partial charge >= 0.3 is 0 Å². The van der Waals surface area contributed by atoms with Crippen molar-refractivity contribution in [1.82, 2.24) is 10.2 Å². The molecule has 104 valence electrons. The van der Waals surface area contributed by atoms with Crippen LogP contribution in [0.3, 0.4) is 0 Å². The summed E-state index contributed by atoms with van der Waals surface area (Å²) >= 11 is 0. The Morgan fingerprint density at radius 1 is 1.11 bits per heavy atom. The van der Waals surface area contributed by atoms with Crippen molar-refractivity contribution in [3.05, 3.63) is 34.4 Å². The van der Waals surface area contributed by atoms with Crippen molar-refractivity contribution in [2.75, 3.05) is 26.2 Å². The summed E-state index contributed by atoms with van der Waals surface area (Å²) in [5.74, 6) is 0.783. The van der Waals surface area contributed by atoms with E-state index in [-0.39, 0.29) is 0 Å². The summed E-state index contributed by atoms with van der Waals surface area (Å²) in [7, 11) is 0. The van der Waals surface area contributed by atoms with Gasteiger partial charge in [-0.3, -0.25) is 4.90 Å². The van der Waals surface area contributed by atoms with Crippen LogP contribution in [-0.4, -0.2) is 31.1 Å². The van der Waals surface area contributed by atoms with Gasteiger partial charge in [0.25, 0.3) is 0 Å². The van der Waals surface area contributed by atoms with Crippen LogP contribution in [0.4, 0.5) is 0 Å². The highest BCUT2D eigenvalue weighted by atomic mass is 15.2. The first-order chi connectivity index (χ1) is 9.18. The fraction of sp³-hybridized carbons (Fsp3) is 0.647. The molecule has 2 unspecified atom stereocenters. The molecule has 0 aromatic heterocycles. The third kappa shape index (κ3) is 2.32. The van der Waals surface area contributed by atoms with Crippen LogP contribution in [0, 0.1) is 19.8 Å². The van der Waals surface area contributed by atoms with Gasteiger partial charge in [-0.1, -0.05) is 19.1 Å². The van der Waals surface area contributed by atoms with E-state index in [9.17, 15) is 0 Å². The van der Waals surface area contributed by atoms with E-state index in [2.05, 4.69) is 43.1 Å². The summed E-state index contributed by atoms with van der Waals surface area (Å²) in [6, 6.07) is 5.27. The minimum Gasteiger partial charge on any atom is -0.314 e. The summed E-state index contributed by atoms with van der Waals surface area (Å²) < 4.78 is 0. The van der Waals surface area contributed by atoms with Gasteiger partial charge in [-0.25, -0.2) is 0 Å². The normalized spacial score (nSPS) is 28.2. The second-order valence-electron chi connectivity index (χ2n) is 6.34. The maximum absolute atomic E-state index is 3.48. The van der Waals surface area contributed by atoms with Crippen LogP contribution >= 0.6 is 0 Å². The second kappa shape index (κ2) is 5.26. The topological polar surface area (TPSA) is 15.3 Å². The number of piperazine rings is 1. The largest absolute Gasteiger partial charge is 0.314 e. The fourth-order valence-electron chi connectivity index (χ4n) is 3.95. The first kappa shape index (κ1) is 13.1. The van der Waals surface area contributed by atoms with Gasteiger partial charge in [0.05, 0.1) is 0 Å². The Bertz CT molecular complexity index is 461. The molecule has 0 saturated carbocycles. The molecule has 2 nitrogen and oxygen atoms in total. The molecular formula is C17H26N2. The average Bonchev–Trinajstić information content (AvgIpc) is 2.44. The van der Waals surface area contributed by atoms with Gasteiger partial charge in [-0.2, -0.15) is 0 Å². The highest BCUT2D eigenvalue weighted by Gasteiger charge is 2.33. The summed E-state index contributed by atoms with van der Waals surface area (Å²) in [6.45, 7) is 11.7. The predicted octanol–water partition coefficient (Wildman–Crippen LogP) is 2.83. The Hall–Kier alpha value is -0.860.